The maximum Gasteiger partial charge on any atom is 0.250 e. The van der Waals surface area contributed by atoms with Crippen LogP contribution in [-0.4, -0.2) is 22.3 Å². The van der Waals surface area contributed by atoms with Crippen molar-refractivity contribution in [2.24, 2.45) is 5.73 Å². The molecule has 0 atom stereocenters. The van der Waals surface area contributed by atoms with Gasteiger partial charge in [0.05, 0.1) is 5.56 Å². The molecule has 5 nitrogen and oxygen atoms in total. The summed E-state index contributed by atoms with van der Waals surface area (Å²) in [6.07, 6.45) is 2.38. The maximum absolute atomic E-state index is 11.1. The summed E-state index contributed by atoms with van der Waals surface area (Å²) in [6, 6.07) is 17.4. The zero-order chi connectivity index (χ0) is 19.5. The molecule has 3 aromatic rings. The lowest BCUT2D eigenvalue weighted by molar-refractivity contribution is 0.1000. The SMILES string of the molecule is NC(=O)c1ccc(Oc2ccc3c(c2)CCN(Cc2cccc(Cl)c2)C3)nc1. The Balaban J connectivity index is 1.43. The molecular formula is C22H20ClN3O2. The molecule has 2 N–H and O–H groups in total. The average Bonchev–Trinajstić information content (AvgIpc) is 2.68. The Hall–Kier alpha value is -2.89. The molecule has 0 bridgehead atoms. The molecule has 0 aliphatic carbocycles. The Labute approximate surface area is 168 Å². The molecular weight excluding hydrogens is 374 g/mol. The lowest BCUT2D eigenvalue weighted by Gasteiger charge is -2.29. The summed E-state index contributed by atoms with van der Waals surface area (Å²) in [6.45, 7) is 2.76. The highest BCUT2D eigenvalue weighted by atomic mass is 35.5. The first kappa shape index (κ1) is 18.5. The second-order valence-electron chi connectivity index (χ2n) is 6.87. The summed E-state index contributed by atoms with van der Waals surface area (Å²) in [5, 5.41) is 0.772. The van der Waals surface area contributed by atoms with Crippen molar-refractivity contribution >= 4 is 17.5 Å². The van der Waals surface area contributed by atoms with E-state index in [4.69, 9.17) is 22.1 Å². The molecule has 2 heterocycles. The number of nitrogens with two attached hydrogens (primary N) is 1. The Morgan fingerprint density at radius 1 is 1.14 bits per heavy atom. The molecule has 1 aromatic heterocycles. The lowest BCUT2D eigenvalue weighted by Crippen LogP contribution is -2.30. The monoisotopic (exact) mass is 393 g/mol. The third-order valence-corrected chi connectivity index (χ3v) is 5.04. The van der Waals surface area contributed by atoms with Gasteiger partial charge in [0.25, 0.3) is 0 Å². The summed E-state index contributed by atoms with van der Waals surface area (Å²) >= 11 is 6.09. The maximum atomic E-state index is 11.1. The Bertz CT molecular complexity index is 1000. The van der Waals surface area contributed by atoms with Gasteiger partial charge in [-0.2, -0.15) is 0 Å². The predicted octanol–water partition coefficient (Wildman–Crippen LogP) is 4.18. The summed E-state index contributed by atoms with van der Waals surface area (Å²) in [7, 11) is 0. The Kier molecular flexibility index (Phi) is 5.28. The van der Waals surface area contributed by atoms with Crippen LogP contribution in [0.25, 0.3) is 0 Å². The number of halogens is 1. The molecule has 0 saturated heterocycles. The zero-order valence-electron chi connectivity index (χ0n) is 15.3. The molecule has 1 aliphatic rings. The highest BCUT2D eigenvalue weighted by Gasteiger charge is 2.17. The van der Waals surface area contributed by atoms with Crippen LogP contribution in [0.1, 0.15) is 27.0 Å². The fourth-order valence-electron chi connectivity index (χ4n) is 3.39. The molecule has 0 fully saturated rings. The van der Waals surface area contributed by atoms with Gasteiger partial charge >= 0.3 is 0 Å². The number of aromatic nitrogens is 1. The number of ether oxygens (including phenoxy) is 1. The van der Waals surface area contributed by atoms with Crippen molar-refractivity contribution < 1.29 is 9.53 Å². The summed E-state index contributed by atoms with van der Waals surface area (Å²) in [4.78, 5) is 17.7. The summed E-state index contributed by atoms with van der Waals surface area (Å²) in [5.41, 5.74) is 9.40. The van der Waals surface area contributed by atoms with Gasteiger partial charge in [-0.25, -0.2) is 4.98 Å². The van der Waals surface area contributed by atoms with Crippen molar-refractivity contribution in [1.29, 1.82) is 0 Å². The minimum atomic E-state index is -0.504. The quantitative estimate of drug-likeness (QED) is 0.705. The van der Waals surface area contributed by atoms with Gasteiger partial charge in [0, 0.05) is 36.9 Å². The van der Waals surface area contributed by atoms with Gasteiger partial charge in [-0.3, -0.25) is 9.69 Å². The first-order chi connectivity index (χ1) is 13.6. The van der Waals surface area contributed by atoms with Gasteiger partial charge in [0.15, 0.2) is 0 Å². The smallest absolute Gasteiger partial charge is 0.250 e. The third-order valence-electron chi connectivity index (χ3n) is 4.81. The minimum Gasteiger partial charge on any atom is -0.439 e. The molecule has 0 unspecified atom stereocenters. The van der Waals surface area contributed by atoms with Gasteiger partial charge in [-0.15, -0.1) is 0 Å². The fourth-order valence-corrected chi connectivity index (χ4v) is 3.60. The fraction of sp³-hybridized carbons (Fsp3) is 0.182. The number of pyridine rings is 1. The largest absolute Gasteiger partial charge is 0.439 e. The van der Waals surface area contributed by atoms with Crippen LogP contribution in [0, 0.1) is 0 Å². The first-order valence-corrected chi connectivity index (χ1v) is 9.47. The predicted molar refractivity (Wildman–Crippen MR) is 109 cm³/mol. The van der Waals surface area contributed by atoms with Crippen molar-refractivity contribution in [3.05, 3.63) is 88.1 Å². The molecule has 6 heteroatoms. The number of carbonyl (C=O) groups is 1. The van der Waals surface area contributed by atoms with Crippen LogP contribution >= 0.6 is 11.6 Å². The molecule has 4 rings (SSSR count). The topological polar surface area (TPSA) is 68.5 Å². The van der Waals surface area contributed by atoms with Crippen molar-refractivity contribution in [3.8, 4) is 11.6 Å². The normalized spacial score (nSPS) is 13.8. The van der Waals surface area contributed by atoms with E-state index < -0.39 is 5.91 Å². The highest BCUT2D eigenvalue weighted by Crippen LogP contribution is 2.27. The van der Waals surface area contributed by atoms with Crippen LogP contribution in [0.3, 0.4) is 0 Å². The van der Waals surface area contributed by atoms with E-state index in [1.807, 2.05) is 24.3 Å². The molecule has 1 amide bonds. The van der Waals surface area contributed by atoms with E-state index in [0.29, 0.717) is 11.4 Å². The van der Waals surface area contributed by atoms with E-state index in [1.165, 1.54) is 22.9 Å². The summed E-state index contributed by atoms with van der Waals surface area (Å²) < 4.78 is 5.82. The number of nitrogens with zero attached hydrogens (tertiary/aromatic N) is 2. The van der Waals surface area contributed by atoms with Gasteiger partial charge in [0.2, 0.25) is 11.8 Å². The van der Waals surface area contributed by atoms with Crippen LogP contribution in [0.15, 0.2) is 60.8 Å². The van der Waals surface area contributed by atoms with E-state index in [1.54, 1.807) is 12.1 Å². The average molecular weight is 394 g/mol. The van der Waals surface area contributed by atoms with Crippen molar-refractivity contribution in [3.63, 3.8) is 0 Å². The molecule has 0 saturated carbocycles. The van der Waals surface area contributed by atoms with Crippen LogP contribution in [0.5, 0.6) is 11.6 Å². The van der Waals surface area contributed by atoms with Gasteiger partial charge in [0.1, 0.15) is 5.75 Å². The first-order valence-electron chi connectivity index (χ1n) is 9.09. The second kappa shape index (κ2) is 8.00. The Morgan fingerprint density at radius 3 is 2.79 bits per heavy atom. The third kappa shape index (κ3) is 4.32. The van der Waals surface area contributed by atoms with E-state index in [-0.39, 0.29) is 0 Å². The van der Waals surface area contributed by atoms with Gasteiger partial charge < -0.3 is 10.5 Å². The van der Waals surface area contributed by atoms with Crippen molar-refractivity contribution in [1.82, 2.24) is 9.88 Å². The molecule has 28 heavy (non-hydrogen) atoms. The van der Waals surface area contributed by atoms with Crippen molar-refractivity contribution in [2.75, 3.05) is 6.54 Å². The van der Waals surface area contributed by atoms with E-state index in [2.05, 4.69) is 28.1 Å². The van der Waals surface area contributed by atoms with Crippen molar-refractivity contribution in [2.45, 2.75) is 19.5 Å². The number of rotatable bonds is 5. The summed E-state index contributed by atoms with van der Waals surface area (Å²) in [5.74, 6) is 0.667. The Morgan fingerprint density at radius 2 is 2.04 bits per heavy atom. The highest BCUT2D eigenvalue weighted by molar-refractivity contribution is 6.30. The molecule has 2 aromatic carbocycles. The number of primary amides is 1. The van der Waals surface area contributed by atoms with Crippen LogP contribution < -0.4 is 10.5 Å². The van der Waals surface area contributed by atoms with Crippen LogP contribution in [0.2, 0.25) is 5.02 Å². The van der Waals surface area contributed by atoms with Gasteiger partial charge in [-0.05, 0) is 53.4 Å². The standard InChI is InChI=1S/C22H20ClN3O2/c23-19-3-1-2-15(10-19)13-26-9-8-16-11-20(6-4-18(16)14-26)28-21-7-5-17(12-25-21)22(24)27/h1-7,10-12H,8-9,13-14H2,(H2,24,27). The molecule has 0 spiro atoms. The van der Waals surface area contributed by atoms with Crippen LogP contribution in [0.4, 0.5) is 0 Å². The van der Waals surface area contributed by atoms with Gasteiger partial charge in [-0.1, -0.05) is 29.8 Å². The number of benzene rings is 2. The minimum absolute atomic E-state index is 0.359. The van der Waals surface area contributed by atoms with E-state index in [9.17, 15) is 4.79 Å². The zero-order valence-corrected chi connectivity index (χ0v) is 16.0. The molecule has 1 aliphatic heterocycles. The number of amides is 1. The number of carbonyl (C=O) groups excluding carboxylic acids is 1. The molecule has 0 radical (unpaired) electrons. The van der Waals surface area contributed by atoms with E-state index in [0.717, 1.165) is 36.8 Å². The number of fused-ring (bicyclic) bond motifs is 1. The second-order valence-corrected chi connectivity index (χ2v) is 7.31. The van der Waals surface area contributed by atoms with E-state index >= 15 is 0 Å². The molecule has 142 valence electrons. The number of hydrogen-bond acceptors (Lipinski definition) is 4. The number of hydrogen-bond donors (Lipinski definition) is 1. The van der Waals surface area contributed by atoms with Crippen LogP contribution in [-0.2, 0) is 19.5 Å². The lowest BCUT2D eigenvalue weighted by atomic mass is 9.99.